The summed E-state index contributed by atoms with van der Waals surface area (Å²) in [6, 6.07) is 22.3. The van der Waals surface area contributed by atoms with Crippen molar-refractivity contribution in [1.82, 2.24) is 14.9 Å². The first-order valence-corrected chi connectivity index (χ1v) is 12.3. The summed E-state index contributed by atoms with van der Waals surface area (Å²) >= 11 is 6.58. The standard InChI is InChI=1S/C29H27ClN4O/c1-19-22-8-5-9-26(23(22)12-15-34(19)29(18-35)13-14-29)32-21-10-11-25(30)24(16-21)28-31-17-27(33-28)20-6-3-2-4-7-20/h2-11,16-17,32,35H,1,12-15,18H2,(H,31,33). The molecule has 0 spiro atoms. The summed E-state index contributed by atoms with van der Waals surface area (Å²) in [4.78, 5) is 10.3. The lowest BCUT2D eigenvalue weighted by Crippen LogP contribution is -2.42. The highest BCUT2D eigenvalue weighted by Gasteiger charge is 2.49. The van der Waals surface area contributed by atoms with Crippen molar-refractivity contribution >= 4 is 28.7 Å². The molecule has 1 fully saturated rings. The van der Waals surface area contributed by atoms with Crippen molar-refractivity contribution in [2.24, 2.45) is 0 Å². The van der Waals surface area contributed by atoms with Crippen LogP contribution in [-0.4, -0.2) is 38.7 Å². The summed E-state index contributed by atoms with van der Waals surface area (Å²) in [5, 5.41) is 14.2. The largest absolute Gasteiger partial charge is 0.394 e. The Morgan fingerprint density at radius 3 is 2.66 bits per heavy atom. The second-order valence-electron chi connectivity index (χ2n) is 9.39. The Hall–Kier alpha value is -3.54. The van der Waals surface area contributed by atoms with Gasteiger partial charge >= 0.3 is 0 Å². The van der Waals surface area contributed by atoms with E-state index < -0.39 is 0 Å². The number of halogens is 1. The normalized spacial score (nSPS) is 16.2. The third-order valence-corrected chi connectivity index (χ3v) is 7.58. The van der Waals surface area contributed by atoms with E-state index in [-0.39, 0.29) is 12.1 Å². The number of aliphatic hydroxyl groups is 1. The minimum Gasteiger partial charge on any atom is -0.394 e. The van der Waals surface area contributed by atoms with E-state index in [0.717, 1.165) is 71.1 Å². The summed E-state index contributed by atoms with van der Waals surface area (Å²) in [5.74, 6) is 0.732. The fourth-order valence-electron chi connectivity index (χ4n) is 5.09. The number of hydrogen-bond donors (Lipinski definition) is 3. The Kier molecular flexibility index (Phi) is 5.39. The number of nitrogens with zero attached hydrogens (tertiary/aromatic N) is 2. The first kappa shape index (κ1) is 22.0. The maximum atomic E-state index is 9.92. The van der Waals surface area contributed by atoms with E-state index in [1.165, 1.54) is 5.56 Å². The van der Waals surface area contributed by atoms with Gasteiger partial charge in [0.1, 0.15) is 5.82 Å². The van der Waals surface area contributed by atoms with E-state index in [1.807, 2.05) is 42.6 Å². The summed E-state index contributed by atoms with van der Waals surface area (Å²) in [6.45, 7) is 5.44. The van der Waals surface area contributed by atoms with Gasteiger partial charge in [-0.15, -0.1) is 0 Å². The molecule has 1 saturated carbocycles. The number of benzene rings is 3. The van der Waals surface area contributed by atoms with Crippen molar-refractivity contribution in [1.29, 1.82) is 0 Å². The number of fused-ring (bicyclic) bond motifs is 1. The minimum atomic E-state index is -0.106. The molecule has 0 amide bonds. The first-order chi connectivity index (χ1) is 17.1. The molecule has 0 bridgehead atoms. The molecule has 35 heavy (non-hydrogen) atoms. The van der Waals surface area contributed by atoms with Gasteiger partial charge in [-0.1, -0.05) is 60.6 Å². The first-order valence-electron chi connectivity index (χ1n) is 11.9. The van der Waals surface area contributed by atoms with Crippen LogP contribution >= 0.6 is 11.6 Å². The molecule has 0 radical (unpaired) electrons. The van der Waals surface area contributed by atoms with Gasteiger partial charge < -0.3 is 20.3 Å². The number of H-pyrrole nitrogens is 1. The van der Waals surface area contributed by atoms with Gasteiger partial charge in [-0.2, -0.15) is 0 Å². The topological polar surface area (TPSA) is 64.2 Å². The van der Waals surface area contributed by atoms with E-state index in [0.29, 0.717) is 5.02 Å². The quantitative estimate of drug-likeness (QED) is 0.293. The molecule has 3 aromatic carbocycles. The number of anilines is 2. The number of hydrogen-bond acceptors (Lipinski definition) is 4. The van der Waals surface area contributed by atoms with Crippen molar-refractivity contribution < 1.29 is 5.11 Å². The second kappa shape index (κ2) is 8.59. The fourth-order valence-corrected chi connectivity index (χ4v) is 5.30. The molecule has 176 valence electrons. The van der Waals surface area contributed by atoms with Crippen LogP contribution in [-0.2, 0) is 6.42 Å². The minimum absolute atomic E-state index is 0.106. The molecule has 2 heterocycles. The molecule has 2 aliphatic rings. The van der Waals surface area contributed by atoms with E-state index in [1.54, 1.807) is 0 Å². The van der Waals surface area contributed by atoms with Crippen LogP contribution in [0.4, 0.5) is 11.4 Å². The predicted molar refractivity (Wildman–Crippen MR) is 143 cm³/mol. The maximum Gasteiger partial charge on any atom is 0.139 e. The predicted octanol–water partition coefficient (Wildman–Crippen LogP) is 6.49. The molecule has 0 atom stereocenters. The van der Waals surface area contributed by atoms with Crippen LogP contribution in [0, 0.1) is 0 Å². The molecule has 4 aromatic rings. The summed E-state index contributed by atoms with van der Waals surface area (Å²) in [5.41, 5.74) is 8.18. The van der Waals surface area contributed by atoms with Gasteiger partial charge in [0.05, 0.1) is 29.1 Å². The van der Waals surface area contributed by atoms with Gasteiger partial charge in [0, 0.05) is 34.7 Å². The fraction of sp³-hybridized carbons (Fsp3) is 0.207. The number of rotatable bonds is 6. The number of imidazole rings is 1. The summed E-state index contributed by atoms with van der Waals surface area (Å²) in [7, 11) is 0. The Morgan fingerprint density at radius 1 is 1.06 bits per heavy atom. The van der Waals surface area contributed by atoms with Gasteiger partial charge in [-0.3, -0.25) is 0 Å². The molecule has 1 aliphatic heterocycles. The lowest BCUT2D eigenvalue weighted by Gasteiger charge is -2.39. The molecule has 1 aliphatic carbocycles. The average molecular weight is 483 g/mol. The van der Waals surface area contributed by atoms with E-state index in [2.05, 4.69) is 57.1 Å². The van der Waals surface area contributed by atoms with Gasteiger partial charge in [0.2, 0.25) is 0 Å². The second-order valence-corrected chi connectivity index (χ2v) is 9.80. The van der Waals surface area contributed by atoms with Crippen LogP contribution in [0.1, 0.15) is 24.0 Å². The van der Waals surface area contributed by atoms with Crippen molar-refractivity contribution in [3.8, 4) is 22.6 Å². The van der Waals surface area contributed by atoms with Crippen LogP contribution in [0.2, 0.25) is 5.02 Å². The zero-order valence-corrected chi connectivity index (χ0v) is 20.1. The molecule has 0 unspecified atom stereocenters. The number of aromatic nitrogens is 2. The van der Waals surface area contributed by atoms with Crippen LogP contribution in [0.15, 0.2) is 79.5 Å². The highest BCUT2D eigenvalue weighted by Crippen LogP contribution is 2.47. The van der Waals surface area contributed by atoms with Crippen molar-refractivity contribution in [3.63, 3.8) is 0 Å². The molecular weight excluding hydrogens is 456 g/mol. The van der Waals surface area contributed by atoms with E-state index >= 15 is 0 Å². The number of nitrogens with one attached hydrogen (secondary N) is 2. The average Bonchev–Trinajstić information content (AvgIpc) is 3.53. The zero-order valence-electron chi connectivity index (χ0n) is 19.4. The number of aliphatic hydroxyl groups excluding tert-OH is 1. The molecule has 6 rings (SSSR count). The van der Waals surface area contributed by atoms with Crippen LogP contribution in [0.5, 0.6) is 0 Å². The molecule has 0 saturated heterocycles. The van der Waals surface area contributed by atoms with Crippen LogP contribution in [0.3, 0.4) is 0 Å². The van der Waals surface area contributed by atoms with Gasteiger partial charge in [-0.25, -0.2) is 4.98 Å². The molecule has 5 nitrogen and oxygen atoms in total. The summed E-state index contributed by atoms with van der Waals surface area (Å²) in [6.07, 6.45) is 4.80. The van der Waals surface area contributed by atoms with E-state index in [4.69, 9.17) is 11.6 Å². The Bertz CT molecular complexity index is 1410. The monoisotopic (exact) mass is 482 g/mol. The van der Waals surface area contributed by atoms with Crippen molar-refractivity contribution in [3.05, 3.63) is 95.7 Å². The van der Waals surface area contributed by atoms with Gasteiger partial charge in [0.15, 0.2) is 0 Å². The Labute approximate surface area is 210 Å². The van der Waals surface area contributed by atoms with Crippen LogP contribution < -0.4 is 5.32 Å². The Balaban J connectivity index is 1.29. The highest BCUT2D eigenvalue weighted by molar-refractivity contribution is 6.33. The SMILES string of the molecule is C=C1c2cccc(Nc3ccc(Cl)c(-c4ncc(-c5ccccc5)[nH]4)c3)c2CCN1C1(CO)CC1. The van der Waals surface area contributed by atoms with Gasteiger partial charge in [0.25, 0.3) is 0 Å². The maximum absolute atomic E-state index is 9.92. The summed E-state index contributed by atoms with van der Waals surface area (Å²) < 4.78 is 0. The van der Waals surface area contributed by atoms with Crippen molar-refractivity contribution in [2.75, 3.05) is 18.5 Å². The number of aromatic amines is 1. The molecule has 6 heteroatoms. The molecule has 1 aromatic heterocycles. The van der Waals surface area contributed by atoms with Gasteiger partial charge in [-0.05, 0) is 54.7 Å². The highest BCUT2D eigenvalue weighted by atomic mass is 35.5. The third kappa shape index (κ3) is 3.91. The van der Waals surface area contributed by atoms with Crippen LogP contribution in [0.25, 0.3) is 28.3 Å². The molecular formula is C29H27ClN4O. The van der Waals surface area contributed by atoms with Crippen molar-refractivity contribution in [2.45, 2.75) is 24.8 Å². The lowest BCUT2D eigenvalue weighted by atomic mass is 9.93. The lowest BCUT2D eigenvalue weighted by molar-refractivity contribution is 0.153. The molecule has 3 N–H and O–H groups in total. The van der Waals surface area contributed by atoms with E-state index in [9.17, 15) is 5.11 Å². The Morgan fingerprint density at radius 2 is 1.89 bits per heavy atom. The third-order valence-electron chi connectivity index (χ3n) is 7.25. The smallest absolute Gasteiger partial charge is 0.139 e. The zero-order chi connectivity index (χ0) is 24.0.